The number of nitrogens with one attached hydrogen (secondary N) is 1. The molecule has 17 heavy (non-hydrogen) atoms. The zero-order valence-electron chi connectivity index (χ0n) is 10.4. The minimum Gasteiger partial charge on any atom is -0.481 e. The van der Waals surface area contributed by atoms with E-state index < -0.39 is 5.97 Å². The maximum atomic E-state index is 10.5. The van der Waals surface area contributed by atoms with Gasteiger partial charge in [0.25, 0.3) is 0 Å². The van der Waals surface area contributed by atoms with E-state index in [1.54, 1.807) is 0 Å². The van der Waals surface area contributed by atoms with Gasteiger partial charge < -0.3 is 15.2 Å². The molecule has 1 atom stereocenters. The number of carbonyl (C=O) groups is 1. The summed E-state index contributed by atoms with van der Waals surface area (Å²) in [5, 5.41) is 12.0. The van der Waals surface area contributed by atoms with Crippen molar-refractivity contribution in [2.75, 3.05) is 13.2 Å². The predicted octanol–water partition coefficient (Wildman–Crippen LogP) is 1.93. The van der Waals surface area contributed by atoms with Crippen molar-refractivity contribution in [1.82, 2.24) is 5.32 Å². The highest BCUT2D eigenvalue weighted by Gasteiger charge is 2.38. The molecule has 4 nitrogen and oxygen atoms in total. The average Bonchev–Trinajstić information content (AvgIpc) is 2.29. The van der Waals surface area contributed by atoms with E-state index in [2.05, 4.69) is 5.32 Å². The van der Waals surface area contributed by atoms with Crippen molar-refractivity contribution >= 4 is 5.97 Å². The van der Waals surface area contributed by atoms with Crippen LogP contribution in [0, 0.1) is 0 Å². The molecule has 1 saturated carbocycles. The van der Waals surface area contributed by atoms with Gasteiger partial charge in [0.05, 0.1) is 12.0 Å². The minimum absolute atomic E-state index is 0.109. The molecule has 2 fully saturated rings. The number of rotatable bonds is 4. The maximum absolute atomic E-state index is 10.5. The van der Waals surface area contributed by atoms with Crippen LogP contribution in [0.15, 0.2) is 0 Å². The molecule has 1 unspecified atom stereocenters. The third-order valence-electron chi connectivity index (χ3n) is 4.03. The Bertz CT molecular complexity index is 256. The standard InChI is InChI=1S/C13H23NO3/c15-12(16)4-8-14-11-5-9-17-13(10-11)6-2-1-3-7-13/h11,14H,1-10H2,(H,15,16). The van der Waals surface area contributed by atoms with Gasteiger partial charge in [0.2, 0.25) is 0 Å². The number of hydrogen-bond donors (Lipinski definition) is 2. The fraction of sp³-hybridized carbons (Fsp3) is 0.923. The highest BCUT2D eigenvalue weighted by molar-refractivity contribution is 5.66. The molecule has 1 saturated heterocycles. The number of aliphatic carboxylic acids is 1. The van der Waals surface area contributed by atoms with Gasteiger partial charge in [0.1, 0.15) is 0 Å². The van der Waals surface area contributed by atoms with Gasteiger partial charge in [-0.1, -0.05) is 19.3 Å². The van der Waals surface area contributed by atoms with Crippen LogP contribution in [-0.2, 0) is 9.53 Å². The predicted molar refractivity (Wildman–Crippen MR) is 65.0 cm³/mol. The summed E-state index contributed by atoms with van der Waals surface area (Å²) in [6.45, 7) is 1.40. The van der Waals surface area contributed by atoms with Crippen LogP contribution in [0.5, 0.6) is 0 Å². The van der Waals surface area contributed by atoms with Crippen LogP contribution in [0.1, 0.15) is 51.4 Å². The zero-order valence-corrected chi connectivity index (χ0v) is 10.4. The first-order chi connectivity index (χ1) is 8.20. The van der Waals surface area contributed by atoms with E-state index in [0.29, 0.717) is 12.6 Å². The van der Waals surface area contributed by atoms with Gasteiger partial charge in [-0.25, -0.2) is 0 Å². The number of carboxylic acids is 1. The van der Waals surface area contributed by atoms with Crippen molar-refractivity contribution in [3.8, 4) is 0 Å². The number of ether oxygens (including phenoxy) is 1. The van der Waals surface area contributed by atoms with Crippen molar-refractivity contribution < 1.29 is 14.6 Å². The summed E-state index contributed by atoms with van der Waals surface area (Å²) in [5.41, 5.74) is 0.109. The first-order valence-electron chi connectivity index (χ1n) is 6.79. The molecule has 0 aromatic heterocycles. The molecular formula is C13H23NO3. The number of carboxylic acid groups (broad SMARTS) is 1. The summed E-state index contributed by atoms with van der Waals surface area (Å²) in [7, 11) is 0. The fourth-order valence-corrected chi connectivity index (χ4v) is 3.13. The van der Waals surface area contributed by atoms with Gasteiger partial charge in [-0.15, -0.1) is 0 Å². The second kappa shape index (κ2) is 5.83. The van der Waals surface area contributed by atoms with Crippen LogP contribution in [0.4, 0.5) is 0 Å². The average molecular weight is 241 g/mol. The van der Waals surface area contributed by atoms with Crippen molar-refractivity contribution in [3.05, 3.63) is 0 Å². The van der Waals surface area contributed by atoms with Crippen LogP contribution in [-0.4, -0.2) is 35.9 Å². The second-order valence-corrected chi connectivity index (χ2v) is 5.38. The van der Waals surface area contributed by atoms with Gasteiger partial charge >= 0.3 is 5.97 Å². The molecule has 0 aromatic carbocycles. The third-order valence-corrected chi connectivity index (χ3v) is 4.03. The molecule has 1 aliphatic heterocycles. The van der Waals surface area contributed by atoms with Gasteiger partial charge in [-0.2, -0.15) is 0 Å². The van der Waals surface area contributed by atoms with Crippen molar-refractivity contribution in [3.63, 3.8) is 0 Å². The molecule has 2 rings (SSSR count). The monoisotopic (exact) mass is 241 g/mol. The summed E-state index contributed by atoms with van der Waals surface area (Å²) in [4.78, 5) is 10.5. The molecule has 0 bridgehead atoms. The van der Waals surface area contributed by atoms with E-state index in [1.807, 2.05) is 0 Å². The van der Waals surface area contributed by atoms with E-state index in [4.69, 9.17) is 9.84 Å². The molecule has 2 aliphatic rings. The van der Waals surface area contributed by atoms with Crippen LogP contribution in [0.2, 0.25) is 0 Å². The smallest absolute Gasteiger partial charge is 0.304 e. The molecular weight excluding hydrogens is 218 g/mol. The van der Waals surface area contributed by atoms with Gasteiger partial charge in [0.15, 0.2) is 0 Å². The zero-order chi connectivity index (χ0) is 12.1. The Morgan fingerprint density at radius 1 is 1.35 bits per heavy atom. The number of hydrogen-bond acceptors (Lipinski definition) is 3. The first-order valence-corrected chi connectivity index (χ1v) is 6.79. The molecule has 0 aromatic rings. The third kappa shape index (κ3) is 3.68. The molecule has 98 valence electrons. The van der Waals surface area contributed by atoms with E-state index in [0.717, 1.165) is 19.4 Å². The summed E-state index contributed by atoms with van der Waals surface area (Å²) in [6, 6.07) is 0.446. The summed E-state index contributed by atoms with van der Waals surface area (Å²) >= 11 is 0. The Morgan fingerprint density at radius 3 is 2.82 bits per heavy atom. The fourth-order valence-electron chi connectivity index (χ4n) is 3.13. The van der Waals surface area contributed by atoms with Crippen molar-refractivity contribution in [2.24, 2.45) is 0 Å². The van der Waals surface area contributed by atoms with E-state index in [1.165, 1.54) is 32.1 Å². The largest absolute Gasteiger partial charge is 0.481 e. The first kappa shape index (κ1) is 12.8. The Morgan fingerprint density at radius 2 is 2.12 bits per heavy atom. The van der Waals surface area contributed by atoms with Gasteiger partial charge in [-0.3, -0.25) is 4.79 Å². The molecule has 1 aliphatic carbocycles. The lowest BCUT2D eigenvalue weighted by molar-refractivity contribution is -0.137. The molecule has 2 N–H and O–H groups in total. The highest BCUT2D eigenvalue weighted by atomic mass is 16.5. The summed E-state index contributed by atoms with van der Waals surface area (Å²) < 4.78 is 6.01. The van der Waals surface area contributed by atoms with Gasteiger partial charge in [0, 0.05) is 19.2 Å². The molecule has 1 spiro atoms. The Hall–Kier alpha value is -0.610. The molecule has 0 amide bonds. The summed E-state index contributed by atoms with van der Waals surface area (Å²) in [5.74, 6) is -0.725. The van der Waals surface area contributed by atoms with Gasteiger partial charge in [-0.05, 0) is 25.7 Å². The minimum atomic E-state index is -0.725. The quantitative estimate of drug-likeness (QED) is 0.789. The normalized spacial score (nSPS) is 28.1. The van der Waals surface area contributed by atoms with E-state index in [9.17, 15) is 4.79 Å². The van der Waals surface area contributed by atoms with Crippen LogP contribution >= 0.6 is 0 Å². The molecule has 4 heteroatoms. The SMILES string of the molecule is O=C(O)CCNC1CCOC2(CCCCC2)C1. The van der Waals surface area contributed by atoms with Crippen LogP contribution < -0.4 is 5.32 Å². The Kier molecular flexibility index (Phi) is 4.40. The Balaban J connectivity index is 1.77. The maximum Gasteiger partial charge on any atom is 0.304 e. The topological polar surface area (TPSA) is 58.6 Å². The lowest BCUT2D eigenvalue weighted by Crippen LogP contribution is -2.48. The lowest BCUT2D eigenvalue weighted by atomic mass is 9.78. The van der Waals surface area contributed by atoms with Crippen LogP contribution in [0.25, 0.3) is 0 Å². The Labute approximate surface area is 103 Å². The van der Waals surface area contributed by atoms with E-state index in [-0.39, 0.29) is 12.0 Å². The van der Waals surface area contributed by atoms with Crippen LogP contribution in [0.3, 0.4) is 0 Å². The summed E-state index contributed by atoms with van der Waals surface area (Å²) in [6.07, 6.45) is 8.55. The second-order valence-electron chi connectivity index (χ2n) is 5.38. The molecule has 0 radical (unpaired) electrons. The van der Waals surface area contributed by atoms with Crippen molar-refractivity contribution in [1.29, 1.82) is 0 Å². The lowest BCUT2D eigenvalue weighted by Gasteiger charge is -2.43. The molecule has 1 heterocycles. The van der Waals surface area contributed by atoms with Crippen molar-refractivity contribution in [2.45, 2.75) is 63.0 Å². The highest BCUT2D eigenvalue weighted by Crippen LogP contribution is 2.38. The van der Waals surface area contributed by atoms with E-state index >= 15 is 0 Å².